The van der Waals surface area contributed by atoms with Gasteiger partial charge in [-0.05, 0) is 43.5 Å². The van der Waals surface area contributed by atoms with Gasteiger partial charge in [0, 0.05) is 19.0 Å². The van der Waals surface area contributed by atoms with Crippen LogP contribution in [0.15, 0.2) is 83.8 Å². The van der Waals surface area contributed by atoms with Crippen LogP contribution in [0, 0.1) is 6.92 Å². The summed E-state index contributed by atoms with van der Waals surface area (Å²) in [4.78, 5) is 41.9. The van der Waals surface area contributed by atoms with Gasteiger partial charge in [-0.15, -0.1) is 0 Å². The van der Waals surface area contributed by atoms with E-state index in [2.05, 4.69) is 5.32 Å². The molecule has 8 nitrogen and oxygen atoms in total. The summed E-state index contributed by atoms with van der Waals surface area (Å²) in [5.74, 6) is -1.73. The fourth-order valence-corrected chi connectivity index (χ4v) is 6.00. The van der Waals surface area contributed by atoms with Crippen LogP contribution in [0.2, 0.25) is 0 Å². The van der Waals surface area contributed by atoms with Crippen molar-refractivity contribution in [2.24, 2.45) is 0 Å². The lowest BCUT2D eigenvalue weighted by molar-refractivity contribution is -0.141. The Kier molecular flexibility index (Phi) is 8.50. The third-order valence-electron chi connectivity index (χ3n) is 6.94. The van der Waals surface area contributed by atoms with E-state index < -0.39 is 34.4 Å². The Morgan fingerprint density at radius 1 is 0.923 bits per heavy atom. The van der Waals surface area contributed by atoms with Crippen LogP contribution < -0.4 is 5.32 Å². The summed E-state index contributed by atoms with van der Waals surface area (Å²) in [6.45, 7) is 5.15. The summed E-state index contributed by atoms with van der Waals surface area (Å²) in [5, 5.41) is 2.98. The first-order valence-electron chi connectivity index (χ1n) is 13.0. The molecule has 3 aromatic rings. The minimum Gasteiger partial charge on any atom is -0.352 e. The molecule has 0 bridgehead atoms. The van der Waals surface area contributed by atoms with Gasteiger partial charge in [-0.25, -0.2) is 12.7 Å². The third kappa shape index (κ3) is 6.20. The average molecular weight is 548 g/mol. The second-order valence-electron chi connectivity index (χ2n) is 9.84. The first kappa shape index (κ1) is 28.0. The van der Waals surface area contributed by atoms with Crippen molar-refractivity contribution in [3.05, 3.63) is 101 Å². The number of carbonyl (C=O) groups excluding carboxylic acids is 3. The molecular weight excluding hydrogens is 514 g/mol. The Balaban J connectivity index is 1.71. The molecule has 9 heteroatoms. The number of amides is 3. The number of rotatable bonds is 10. The Bertz CT molecular complexity index is 1460. The van der Waals surface area contributed by atoms with E-state index in [9.17, 15) is 22.8 Å². The molecule has 4 rings (SSSR count). The fraction of sp³-hybridized carbons (Fsp3) is 0.300. The van der Waals surface area contributed by atoms with Crippen LogP contribution in [0.25, 0.3) is 0 Å². The van der Waals surface area contributed by atoms with E-state index in [1.54, 1.807) is 6.07 Å². The van der Waals surface area contributed by atoms with Crippen LogP contribution in [0.5, 0.6) is 0 Å². The second-order valence-corrected chi connectivity index (χ2v) is 11.7. The lowest BCUT2D eigenvalue weighted by Crippen LogP contribution is -2.54. The van der Waals surface area contributed by atoms with Gasteiger partial charge in [-0.1, -0.05) is 79.2 Å². The maximum atomic E-state index is 13.9. The normalized spacial score (nSPS) is 15.4. The van der Waals surface area contributed by atoms with E-state index in [1.807, 2.05) is 75.4 Å². The molecule has 0 spiro atoms. The highest BCUT2D eigenvalue weighted by molar-refractivity contribution is 7.90. The zero-order chi connectivity index (χ0) is 28.2. The SMILES string of the molecule is CCC(C)NC(=O)C(Cc1ccccc1)N(Cc1ccc(C)cc1)C(=O)CN1C(=O)c2ccccc2S1(=O)=O. The molecule has 0 saturated heterocycles. The van der Waals surface area contributed by atoms with Gasteiger partial charge in [-0.3, -0.25) is 14.4 Å². The molecule has 1 aliphatic heterocycles. The quantitative estimate of drug-likeness (QED) is 0.417. The van der Waals surface area contributed by atoms with Crippen molar-refractivity contribution < 1.29 is 22.8 Å². The van der Waals surface area contributed by atoms with Gasteiger partial charge in [0.2, 0.25) is 11.8 Å². The van der Waals surface area contributed by atoms with Crippen molar-refractivity contribution >= 4 is 27.7 Å². The smallest absolute Gasteiger partial charge is 0.269 e. The van der Waals surface area contributed by atoms with Gasteiger partial charge in [0.25, 0.3) is 15.9 Å². The van der Waals surface area contributed by atoms with E-state index in [-0.39, 0.29) is 35.4 Å². The number of hydrogen-bond acceptors (Lipinski definition) is 5. The van der Waals surface area contributed by atoms with Crippen molar-refractivity contribution in [3.8, 4) is 0 Å². The van der Waals surface area contributed by atoms with Crippen molar-refractivity contribution in [2.45, 2.75) is 57.1 Å². The molecule has 204 valence electrons. The number of hydrogen-bond donors (Lipinski definition) is 1. The van der Waals surface area contributed by atoms with Crippen LogP contribution in [-0.2, 0) is 32.6 Å². The molecule has 0 fully saturated rings. The fourth-order valence-electron chi connectivity index (χ4n) is 4.49. The number of sulfonamides is 1. The minimum absolute atomic E-state index is 0.0331. The van der Waals surface area contributed by atoms with Gasteiger partial charge in [0.05, 0.1) is 5.56 Å². The van der Waals surface area contributed by atoms with Crippen molar-refractivity contribution in [1.29, 1.82) is 0 Å². The first-order chi connectivity index (χ1) is 18.6. The Hall–Kier alpha value is -3.98. The summed E-state index contributed by atoms with van der Waals surface area (Å²) in [5.41, 5.74) is 2.70. The summed E-state index contributed by atoms with van der Waals surface area (Å²) in [6, 6.07) is 21.8. The molecule has 1 N–H and O–H groups in total. The van der Waals surface area contributed by atoms with Gasteiger partial charge in [-0.2, -0.15) is 0 Å². The molecule has 0 aromatic heterocycles. The standard InChI is InChI=1S/C30H33N3O5S/c1-4-22(3)31-29(35)26(18-23-10-6-5-7-11-23)32(19-24-16-14-21(2)15-17-24)28(34)20-33-30(36)25-12-8-9-13-27(25)39(33,37)38/h5-17,22,26H,4,18-20H2,1-3H3,(H,31,35). The zero-order valence-electron chi connectivity index (χ0n) is 22.3. The number of fused-ring (bicyclic) bond motifs is 1. The Morgan fingerprint density at radius 3 is 2.21 bits per heavy atom. The molecule has 0 aliphatic carbocycles. The van der Waals surface area contributed by atoms with Crippen molar-refractivity contribution in [2.75, 3.05) is 6.54 Å². The molecule has 1 aliphatic rings. The summed E-state index contributed by atoms with van der Waals surface area (Å²) in [7, 11) is -4.19. The van der Waals surface area contributed by atoms with Crippen LogP contribution in [0.4, 0.5) is 0 Å². The van der Waals surface area contributed by atoms with Crippen LogP contribution >= 0.6 is 0 Å². The number of aryl methyl sites for hydroxylation is 1. The zero-order valence-corrected chi connectivity index (χ0v) is 23.1. The van der Waals surface area contributed by atoms with E-state index >= 15 is 0 Å². The van der Waals surface area contributed by atoms with Crippen molar-refractivity contribution in [3.63, 3.8) is 0 Å². The third-order valence-corrected chi connectivity index (χ3v) is 8.72. The topological polar surface area (TPSA) is 104 Å². The maximum absolute atomic E-state index is 13.9. The largest absolute Gasteiger partial charge is 0.352 e. The highest BCUT2D eigenvalue weighted by Gasteiger charge is 2.43. The van der Waals surface area contributed by atoms with E-state index in [1.165, 1.54) is 23.1 Å². The van der Waals surface area contributed by atoms with E-state index in [0.717, 1.165) is 16.7 Å². The van der Waals surface area contributed by atoms with Crippen LogP contribution in [-0.4, -0.2) is 54.0 Å². The van der Waals surface area contributed by atoms with Crippen LogP contribution in [0.1, 0.15) is 47.3 Å². The van der Waals surface area contributed by atoms with Gasteiger partial charge in [0.15, 0.2) is 0 Å². The lowest BCUT2D eigenvalue weighted by atomic mass is 10.0. The highest BCUT2D eigenvalue weighted by Crippen LogP contribution is 2.30. The summed E-state index contributed by atoms with van der Waals surface area (Å²) in [6.07, 6.45) is 0.927. The number of nitrogens with zero attached hydrogens (tertiary/aromatic N) is 2. The van der Waals surface area contributed by atoms with Gasteiger partial charge in [0.1, 0.15) is 17.5 Å². The first-order valence-corrected chi connectivity index (χ1v) is 14.4. The molecule has 3 amide bonds. The number of benzene rings is 3. The molecule has 0 radical (unpaired) electrons. The molecule has 1 heterocycles. The molecule has 3 aromatic carbocycles. The monoisotopic (exact) mass is 547 g/mol. The minimum atomic E-state index is -4.19. The molecule has 39 heavy (non-hydrogen) atoms. The second kappa shape index (κ2) is 11.8. The van der Waals surface area contributed by atoms with Gasteiger partial charge >= 0.3 is 0 Å². The molecule has 0 saturated carbocycles. The van der Waals surface area contributed by atoms with E-state index in [4.69, 9.17) is 0 Å². The number of nitrogens with one attached hydrogen (secondary N) is 1. The van der Waals surface area contributed by atoms with Crippen molar-refractivity contribution in [1.82, 2.24) is 14.5 Å². The van der Waals surface area contributed by atoms with Gasteiger partial charge < -0.3 is 10.2 Å². The summed E-state index contributed by atoms with van der Waals surface area (Å²) < 4.78 is 27.0. The van der Waals surface area contributed by atoms with Crippen LogP contribution in [0.3, 0.4) is 0 Å². The average Bonchev–Trinajstić information content (AvgIpc) is 3.12. The summed E-state index contributed by atoms with van der Waals surface area (Å²) >= 11 is 0. The predicted molar refractivity (Wildman–Crippen MR) is 148 cm³/mol. The number of carbonyl (C=O) groups is 3. The maximum Gasteiger partial charge on any atom is 0.269 e. The Morgan fingerprint density at radius 2 is 1.56 bits per heavy atom. The van der Waals surface area contributed by atoms with E-state index in [0.29, 0.717) is 10.7 Å². The molecule has 2 unspecified atom stereocenters. The lowest BCUT2D eigenvalue weighted by Gasteiger charge is -2.33. The predicted octanol–water partition coefficient (Wildman–Crippen LogP) is 3.69. The Labute approximate surface area is 229 Å². The molecular formula is C30H33N3O5S. The molecule has 2 atom stereocenters. The highest BCUT2D eigenvalue weighted by atomic mass is 32.2.